The standard InChI is InChI=1S/C33H54S2.6CH3.2Sn/c1-3-5-7-9-11-13-15-17-19-21-23-25-31-27-33(35-29-31)32-26-30(28-34-32)24-22-20-18-16-14-12-10-8-6-4-2;;;;;;;;/h26-27H,3-25H2,1-2H3;6*1H3;;. The molecule has 2 aromatic heterocycles. The van der Waals surface area contributed by atoms with Crippen LogP contribution < -0.4 is 5.79 Å². The second-order valence-corrected chi connectivity index (χ2v) is 48.4. The number of thiophene rings is 2. The van der Waals surface area contributed by atoms with Crippen LogP contribution in [0.5, 0.6) is 0 Å². The molecule has 0 nitrogen and oxygen atoms in total. The van der Waals surface area contributed by atoms with Crippen LogP contribution in [0.1, 0.15) is 160 Å². The van der Waals surface area contributed by atoms with E-state index >= 15 is 0 Å². The molecule has 0 aromatic carbocycles. The summed E-state index contributed by atoms with van der Waals surface area (Å²) >= 11 is 0.109. The van der Waals surface area contributed by atoms with Crippen LogP contribution in [0.25, 0.3) is 9.75 Å². The molecule has 0 bridgehead atoms. The van der Waals surface area contributed by atoms with Gasteiger partial charge in [0.05, 0.1) is 0 Å². The van der Waals surface area contributed by atoms with Gasteiger partial charge >= 0.3 is 256 Å². The van der Waals surface area contributed by atoms with E-state index in [1.54, 1.807) is 20.9 Å². The molecule has 0 amide bonds. The third-order valence-corrected chi connectivity index (χ3v) is 30.8. The second-order valence-electron chi connectivity index (χ2n) is 15.6. The Morgan fingerprint density at radius 1 is 0.395 bits per heavy atom. The quantitative estimate of drug-likeness (QED) is 0.0654. The topological polar surface area (TPSA) is 0 Å². The van der Waals surface area contributed by atoms with Crippen molar-refractivity contribution in [3.05, 3.63) is 23.3 Å². The minimum absolute atomic E-state index is 1.32. The molecular weight excluding hydrogens is 770 g/mol. The first-order valence-electron chi connectivity index (χ1n) is 18.8. The van der Waals surface area contributed by atoms with Gasteiger partial charge in [-0.3, -0.25) is 0 Å². The fourth-order valence-corrected chi connectivity index (χ4v) is 22.9. The summed E-state index contributed by atoms with van der Waals surface area (Å²) in [4.78, 5) is 19.0. The summed E-state index contributed by atoms with van der Waals surface area (Å²) in [6.07, 6.45) is 32.7. The van der Waals surface area contributed by atoms with E-state index in [9.17, 15) is 0 Å². The van der Waals surface area contributed by atoms with Gasteiger partial charge in [0.2, 0.25) is 0 Å². The van der Waals surface area contributed by atoms with Crippen LogP contribution in [0.15, 0.2) is 12.1 Å². The molecule has 0 aliphatic rings. The number of hydrogen-bond donors (Lipinski definition) is 0. The summed E-state index contributed by atoms with van der Waals surface area (Å²) in [6.45, 7) is 4.63. The maximum absolute atomic E-state index is 2.66. The van der Waals surface area contributed by atoms with Gasteiger partial charge in [0.15, 0.2) is 0 Å². The first kappa shape index (κ1) is 40.2. The van der Waals surface area contributed by atoms with Crippen molar-refractivity contribution in [3.8, 4) is 9.75 Å². The van der Waals surface area contributed by atoms with E-state index in [0.717, 1.165) is 0 Å². The van der Waals surface area contributed by atoms with Crippen LogP contribution in [0.4, 0.5) is 0 Å². The molecule has 0 N–H and O–H groups in total. The van der Waals surface area contributed by atoms with Gasteiger partial charge in [0.1, 0.15) is 0 Å². The molecule has 4 heteroatoms. The van der Waals surface area contributed by atoms with Crippen LogP contribution in [-0.4, -0.2) is 36.8 Å². The molecule has 0 radical (unpaired) electrons. The number of hydrogen-bond acceptors (Lipinski definition) is 2. The van der Waals surface area contributed by atoms with Gasteiger partial charge < -0.3 is 0 Å². The minimum atomic E-state index is -2.15. The van der Waals surface area contributed by atoms with Gasteiger partial charge in [0.25, 0.3) is 0 Å². The van der Waals surface area contributed by atoms with Gasteiger partial charge in [-0.15, -0.1) is 0 Å². The molecule has 0 aliphatic carbocycles. The molecule has 248 valence electrons. The van der Waals surface area contributed by atoms with E-state index < -0.39 is 36.8 Å². The van der Waals surface area contributed by atoms with Crippen molar-refractivity contribution in [2.45, 2.75) is 191 Å². The third kappa shape index (κ3) is 16.6. The summed E-state index contributed by atoms with van der Waals surface area (Å²) < 4.78 is 3.70. The van der Waals surface area contributed by atoms with Crippen LogP contribution in [0.2, 0.25) is 29.6 Å². The molecule has 2 rings (SSSR count). The normalized spacial score (nSPS) is 12.5. The summed E-state index contributed by atoms with van der Waals surface area (Å²) in [6, 6.07) is 5.33. The van der Waals surface area contributed by atoms with Crippen LogP contribution in [-0.2, 0) is 12.8 Å². The van der Waals surface area contributed by atoms with Crippen molar-refractivity contribution in [2.24, 2.45) is 0 Å². The van der Waals surface area contributed by atoms with E-state index in [4.69, 9.17) is 0 Å². The molecule has 2 aromatic rings. The summed E-state index contributed by atoms with van der Waals surface area (Å²) in [5, 5.41) is 0. The van der Waals surface area contributed by atoms with Gasteiger partial charge in [-0.2, -0.15) is 0 Å². The fraction of sp³-hybridized carbons (Fsp3) is 0.795. The SMILES string of the molecule is CCCCCCCCCCCCCc1cc(-c2cc(CCCCCCCCCCCC)[c]([Sn]([CH3])([CH3])[CH3])s2)s[c]1[Sn]([CH3])([CH3])[CH3]. The molecule has 0 unspecified atom stereocenters. The molecule has 0 fully saturated rings. The predicted octanol–water partition coefficient (Wildman–Crippen LogP) is 13.9. The van der Waals surface area contributed by atoms with Crippen LogP contribution >= 0.6 is 22.7 Å². The number of unbranched alkanes of at least 4 members (excludes halogenated alkanes) is 19. The molecule has 43 heavy (non-hydrogen) atoms. The van der Waals surface area contributed by atoms with Crippen LogP contribution in [0, 0.1) is 0 Å². The Hall–Kier alpha value is 0.997. The van der Waals surface area contributed by atoms with E-state index in [1.807, 2.05) is 5.79 Å². The first-order valence-corrected chi connectivity index (χ1v) is 40.5. The van der Waals surface area contributed by atoms with Crippen molar-refractivity contribution in [1.82, 2.24) is 0 Å². The molecule has 2 heterocycles. The Balaban J connectivity index is 1.90. The van der Waals surface area contributed by atoms with Crippen molar-refractivity contribution < 1.29 is 0 Å². The average Bonchev–Trinajstić information content (AvgIpc) is 3.58. The number of aryl methyl sites for hydroxylation is 2. The zero-order chi connectivity index (χ0) is 31.6. The van der Waals surface area contributed by atoms with Crippen molar-refractivity contribution in [3.63, 3.8) is 0 Å². The van der Waals surface area contributed by atoms with Gasteiger partial charge in [0, 0.05) is 0 Å². The van der Waals surface area contributed by atoms with Crippen molar-refractivity contribution >= 4 is 65.2 Å². The second kappa shape index (κ2) is 22.5. The Morgan fingerprint density at radius 3 is 0.907 bits per heavy atom. The first-order chi connectivity index (χ1) is 20.6. The summed E-state index contributed by atoms with van der Waals surface area (Å²) in [7, 11) is 0. The molecular formula is C39H72S2Sn2. The zero-order valence-electron chi connectivity index (χ0n) is 30.2. The predicted molar refractivity (Wildman–Crippen MR) is 209 cm³/mol. The van der Waals surface area contributed by atoms with Crippen molar-refractivity contribution in [2.75, 3.05) is 0 Å². The average molecular weight is 843 g/mol. The maximum atomic E-state index is 2.66. The molecule has 0 aliphatic heterocycles. The van der Waals surface area contributed by atoms with E-state index in [1.165, 1.54) is 148 Å². The molecule has 0 saturated heterocycles. The Kier molecular flexibility index (Phi) is 21.1. The van der Waals surface area contributed by atoms with E-state index in [0.29, 0.717) is 0 Å². The van der Waals surface area contributed by atoms with Crippen LogP contribution in [0.3, 0.4) is 0 Å². The molecule has 0 spiro atoms. The van der Waals surface area contributed by atoms with E-state index in [2.05, 4.69) is 78.3 Å². The van der Waals surface area contributed by atoms with Gasteiger partial charge in [-0.25, -0.2) is 0 Å². The van der Waals surface area contributed by atoms with E-state index in [-0.39, 0.29) is 0 Å². The zero-order valence-corrected chi connectivity index (χ0v) is 37.6. The molecule has 0 atom stereocenters. The Bertz CT molecular complexity index is 973. The third-order valence-electron chi connectivity index (χ3n) is 9.07. The Morgan fingerprint density at radius 2 is 0.651 bits per heavy atom. The van der Waals surface area contributed by atoms with Gasteiger partial charge in [-0.05, 0) is 0 Å². The summed E-state index contributed by atoms with van der Waals surface area (Å²) in [5.41, 5.74) is 3.48. The molecule has 0 saturated carbocycles. The monoisotopic (exact) mass is 844 g/mol. The summed E-state index contributed by atoms with van der Waals surface area (Å²) in [5.74, 6) is 0. The number of rotatable bonds is 26. The Labute approximate surface area is 286 Å². The fourth-order valence-electron chi connectivity index (χ4n) is 6.52. The van der Waals surface area contributed by atoms with Gasteiger partial charge in [-0.1, -0.05) is 33.1 Å². The van der Waals surface area contributed by atoms with Crippen molar-refractivity contribution in [1.29, 1.82) is 0 Å².